The van der Waals surface area contributed by atoms with Crippen molar-refractivity contribution in [1.82, 2.24) is 4.98 Å². The summed E-state index contributed by atoms with van der Waals surface area (Å²) in [6, 6.07) is 10.2. The molecule has 0 saturated heterocycles. The van der Waals surface area contributed by atoms with E-state index in [4.69, 9.17) is 0 Å². The van der Waals surface area contributed by atoms with Gasteiger partial charge in [-0.05, 0) is 60.6 Å². The van der Waals surface area contributed by atoms with Crippen LogP contribution in [0.4, 0.5) is 0 Å². The SMILES string of the molecule is Cc1ccnc(C(=O)Cc2ccc3c(c2)CCC3)c1. The third-order valence-electron chi connectivity index (χ3n) is 3.73. The summed E-state index contributed by atoms with van der Waals surface area (Å²) in [4.78, 5) is 16.4. The minimum Gasteiger partial charge on any atom is -0.292 e. The number of pyridine rings is 1. The van der Waals surface area contributed by atoms with Crippen LogP contribution in [0.25, 0.3) is 0 Å². The zero-order valence-corrected chi connectivity index (χ0v) is 11.1. The molecule has 96 valence electrons. The second-order valence-electron chi connectivity index (χ2n) is 5.28. The second-order valence-corrected chi connectivity index (χ2v) is 5.28. The van der Waals surface area contributed by atoms with Gasteiger partial charge in [0, 0.05) is 12.6 Å². The number of carbonyl (C=O) groups is 1. The molecule has 0 fully saturated rings. The number of carbonyl (C=O) groups excluding carboxylic acids is 1. The molecule has 3 rings (SSSR count). The minimum atomic E-state index is 0.0987. The number of Topliss-reactive ketones (excluding diaryl/α,β-unsaturated/α-hetero) is 1. The van der Waals surface area contributed by atoms with Crippen molar-refractivity contribution in [2.75, 3.05) is 0 Å². The van der Waals surface area contributed by atoms with Crippen molar-refractivity contribution >= 4 is 5.78 Å². The molecule has 0 aliphatic heterocycles. The van der Waals surface area contributed by atoms with Gasteiger partial charge < -0.3 is 0 Å². The lowest BCUT2D eigenvalue weighted by molar-refractivity contribution is 0.0988. The fraction of sp³-hybridized carbons (Fsp3) is 0.294. The van der Waals surface area contributed by atoms with E-state index in [2.05, 4.69) is 23.2 Å². The Morgan fingerprint density at radius 3 is 2.84 bits per heavy atom. The first-order chi connectivity index (χ1) is 9.22. The molecule has 19 heavy (non-hydrogen) atoms. The van der Waals surface area contributed by atoms with Crippen LogP contribution in [-0.2, 0) is 19.3 Å². The number of aryl methyl sites for hydroxylation is 3. The van der Waals surface area contributed by atoms with Crippen molar-refractivity contribution in [3.63, 3.8) is 0 Å². The first kappa shape index (κ1) is 12.1. The Balaban J connectivity index is 1.80. The lowest BCUT2D eigenvalue weighted by Gasteiger charge is -2.05. The van der Waals surface area contributed by atoms with Gasteiger partial charge in [-0.15, -0.1) is 0 Å². The Kier molecular flexibility index (Phi) is 3.16. The molecule has 0 N–H and O–H groups in total. The quantitative estimate of drug-likeness (QED) is 0.783. The van der Waals surface area contributed by atoms with Crippen molar-refractivity contribution in [2.45, 2.75) is 32.6 Å². The maximum Gasteiger partial charge on any atom is 0.185 e. The monoisotopic (exact) mass is 251 g/mol. The Morgan fingerprint density at radius 2 is 2.00 bits per heavy atom. The average Bonchev–Trinajstić information content (AvgIpc) is 2.86. The summed E-state index contributed by atoms with van der Waals surface area (Å²) in [7, 11) is 0. The predicted molar refractivity (Wildman–Crippen MR) is 75.5 cm³/mol. The van der Waals surface area contributed by atoms with Crippen molar-refractivity contribution in [3.8, 4) is 0 Å². The smallest absolute Gasteiger partial charge is 0.185 e. The van der Waals surface area contributed by atoms with E-state index in [0.29, 0.717) is 12.1 Å². The molecule has 2 heteroatoms. The molecule has 0 bridgehead atoms. The highest BCUT2D eigenvalue weighted by Crippen LogP contribution is 2.23. The van der Waals surface area contributed by atoms with E-state index >= 15 is 0 Å². The Labute approximate surface area is 113 Å². The highest BCUT2D eigenvalue weighted by atomic mass is 16.1. The predicted octanol–water partition coefficient (Wildman–Crippen LogP) is 3.30. The van der Waals surface area contributed by atoms with Crippen LogP contribution in [0, 0.1) is 6.92 Å². The number of ketones is 1. The zero-order valence-electron chi connectivity index (χ0n) is 11.1. The first-order valence-electron chi connectivity index (χ1n) is 6.79. The van der Waals surface area contributed by atoms with Crippen LogP contribution in [0.15, 0.2) is 36.5 Å². The maximum absolute atomic E-state index is 12.2. The molecule has 1 aromatic carbocycles. The normalized spacial score (nSPS) is 13.3. The molecule has 1 aliphatic rings. The average molecular weight is 251 g/mol. The topological polar surface area (TPSA) is 30.0 Å². The highest BCUT2D eigenvalue weighted by molar-refractivity contribution is 5.95. The van der Waals surface area contributed by atoms with Crippen LogP contribution >= 0.6 is 0 Å². The van der Waals surface area contributed by atoms with Gasteiger partial charge in [-0.3, -0.25) is 9.78 Å². The molecular weight excluding hydrogens is 234 g/mol. The summed E-state index contributed by atoms with van der Waals surface area (Å²) in [5.41, 5.74) is 5.62. The molecule has 2 nitrogen and oxygen atoms in total. The molecule has 2 aromatic rings. The fourth-order valence-electron chi connectivity index (χ4n) is 2.70. The van der Waals surface area contributed by atoms with Gasteiger partial charge in [-0.25, -0.2) is 0 Å². The van der Waals surface area contributed by atoms with Crippen molar-refractivity contribution < 1.29 is 4.79 Å². The molecule has 0 spiro atoms. The van der Waals surface area contributed by atoms with Crippen LogP contribution in [0.3, 0.4) is 0 Å². The van der Waals surface area contributed by atoms with E-state index in [1.807, 2.05) is 19.1 Å². The lowest BCUT2D eigenvalue weighted by atomic mass is 10.0. The maximum atomic E-state index is 12.2. The van der Waals surface area contributed by atoms with E-state index in [1.165, 1.54) is 24.0 Å². The van der Waals surface area contributed by atoms with Gasteiger partial charge in [-0.2, -0.15) is 0 Å². The molecular formula is C17H17NO. The van der Waals surface area contributed by atoms with Gasteiger partial charge in [0.05, 0.1) is 0 Å². The summed E-state index contributed by atoms with van der Waals surface area (Å²) < 4.78 is 0. The van der Waals surface area contributed by atoms with Crippen LogP contribution in [0.2, 0.25) is 0 Å². The van der Waals surface area contributed by atoms with Gasteiger partial charge in [0.15, 0.2) is 5.78 Å². The number of rotatable bonds is 3. The third kappa shape index (κ3) is 2.58. The van der Waals surface area contributed by atoms with E-state index < -0.39 is 0 Å². The number of fused-ring (bicyclic) bond motifs is 1. The van der Waals surface area contributed by atoms with Crippen LogP contribution < -0.4 is 0 Å². The Bertz CT molecular complexity index is 631. The minimum absolute atomic E-state index is 0.0987. The highest BCUT2D eigenvalue weighted by Gasteiger charge is 2.13. The van der Waals surface area contributed by atoms with E-state index in [0.717, 1.165) is 17.5 Å². The molecule has 0 radical (unpaired) electrons. The fourth-order valence-corrected chi connectivity index (χ4v) is 2.70. The van der Waals surface area contributed by atoms with E-state index in [-0.39, 0.29) is 5.78 Å². The summed E-state index contributed by atoms with van der Waals surface area (Å²) >= 11 is 0. The van der Waals surface area contributed by atoms with Gasteiger partial charge in [0.1, 0.15) is 5.69 Å². The first-order valence-corrected chi connectivity index (χ1v) is 6.79. The van der Waals surface area contributed by atoms with E-state index in [1.54, 1.807) is 6.20 Å². The summed E-state index contributed by atoms with van der Waals surface area (Å²) in [6.45, 7) is 1.98. The van der Waals surface area contributed by atoms with E-state index in [9.17, 15) is 4.79 Å². The number of benzene rings is 1. The summed E-state index contributed by atoms with van der Waals surface area (Å²) in [6.07, 6.45) is 5.73. The molecule has 0 amide bonds. The number of hydrogen-bond acceptors (Lipinski definition) is 2. The van der Waals surface area contributed by atoms with Gasteiger partial charge >= 0.3 is 0 Å². The molecule has 0 unspecified atom stereocenters. The van der Waals surface area contributed by atoms with Gasteiger partial charge in [0.2, 0.25) is 0 Å². The molecule has 1 aromatic heterocycles. The molecule has 0 atom stereocenters. The molecule has 0 saturated carbocycles. The molecule has 1 heterocycles. The Hall–Kier alpha value is -1.96. The third-order valence-corrected chi connectivity index (χ3v) is 3.73. The number of aromatic nitrogens is 1. The Morgan fingerprint density at radius 1 is 1.16 bits per heavy atom. The van der Waals surface area contributed by atoms with Crippen LogP contribution in [0.1, 0.15) is 39.2 Å². The zero-order chi connectivity index (χ0) is 13.2. The standard InChI is InChI=1S/C17H17NO/c1-12-7-8-18-16(9-12)17(19)11-13-5-6-14-3-2-4-15(14)10-13/h5-10H,2-4,11H2,1H3. The van der Waals surface area contributed by atoms with Crippen molar-refractivity contribution in [3.05, 3.63) is 64.5 Å². The van der Waals surface area contributed by atoms with Crippen molar-refractivity contribution in [1.29, 1.82) is 0 Å². The van der Waals surface area contributed by atoms with Crippen molar-refractivity contribution in [2.24, 2.45) is 0 Å². The summed E-state index contributed by atoms with van der Waals surface area (Å²) in [5.74, 6) is 0.0987. The van der Waals surface area contributed by atoms with Gasteiger partial charge in [-0.1, -0.05) is 18.2 Å². The van der Waals surface area contributed by atoms with Gasteiger partial charge in [0.25, 0.3) is 0 Å². The summed E-state index contributed by atoms with van der Waals surface area (Å²) in [5, 5.41) is 0. The second kappa shape index (κ2) is 4.96. The van der Waals surface area contributed by atoms with Crippen LogP contribution in [0.5, 0.6) is 0 Å². The van der Waals surface area contributed by atoms with Crippen LogP contribution in [-0.4, -0.2) is 10.8 Å². The molecule has 1 aliphatic carbocycles. The number of nitrogens with zero attached hydrogens (tertiary/aromatic N) is 1. The number of hydrogen-bond donors (Lipinski definition) is 0. The lowest BCUT2D eigenvalue weighted by Crippen LogP contribution is -2.06. The largest absolute Gasteiger partial charge is 0.292 e.